The molecular weight excluding hydrogens is 500 g/mol. The third-order valence-corrected chi connectivity index (χ3v) is 7.64. The lowest BCUT2D eigenvalue weighted by Crippen LogP contribution is -2.32. The number of carbonyl (C=O) groups is 2. The second-order valence-electron chi connectivity index (χ2n) is 8.62. The van der Waals surface area contributed by atoms with E-state index < -0.39 is 23.3 Å². The highest BCUT2D eigenvalue weighted by molar-refractivity contribution is 7.17. The van der Waals surface area contributed by atoms with E-state index in [4.69, 9.17) is 26.5 Å². The van der Waals surface area contributed by atoms with Gasteiger partial charge >= 0.3 is 0 Å². The van der Waals surface area contributed by atoms with E-state index in [2.05, 4.69) is 5.32 Å². The van der Waals surface area contributed by atoms with Crippen molar-refractivity contribution >= 4 is 50.7 Å². The number of nitrogens with one attached hydrogen (secondary N) is 1. The molecule has 0 bridgehead atoms. The molecule has 2 aromatic carbocycles. The molecule has 2 heterocycles. The molecule has 5 rings (SSSR count). The molecule has 2 amide bonds. The monoisotopic (exact) mass is 522 g/mol. The smallest absolute Gasteiger partial charge is 0.265 e. The Morgan fingerprint density at radius 3 is 2.58 bits per heavy atom. The van der Waals surface area contributed by atoms with Crippen LogP contribution in [0.3, 0.4) is 0 Å². The third kappa shape index (κ3) is 4.50. The van der Waals surface area contributed by atoms with Gasteiger partial charge in [0.2, 0.25) is 11.2 Å². The number of primary amides is 1. The van der Waals surface area contributed by atoms with E-state index in [1.54, 1.807) is 48.5 Å². The van der Waals surface area contributed by atoms with Crippen molar-refractivity contribution in [1.82, 2.24) is 0 Å². The summed E-state index contributed by atoms with van der Waals surface area (Å²) in [5, 5.41) is 4.07. The average molecular weight is 523 g/mol. The summed E-state index contributed by atoms with van der Waals surface area (Å²) in [6.07, 6.45) is 2.55. The predicted molar refractivity (Wildman–Crippen MR) is 141 cm³/mol. The quantitative estimate of drug-likeness (QED) is 0.344. The second-order valence-corrected chi connectivity index (χ2v) is 10.2. The number of thiophene rings is 1. The largest absolute Gasteiger partial charge is 0.473 e. The first-order valence-corrected chi connectivity index (χ1v) is 12.8. The first kappa shape index (κ1) is 24.1. The molecule has 7 nitrogen and oxygen atoms in total. The number of anilines is 1. The fourth-order valence-corrected chi connectivity index (χ4v) is 5.81. The van der Waals surface area contributed by atoms with E-state index >= 15 is 0 Å². The Balaban J connectivity index is 1.49. The molecule has 0 aliphatic heterocycles. The van der Waals surface area contributed by atoms with Gasteiger partial charge in [0.25, 0.3) is 11.8 Å². The van der Waals surface area contributed by atoms with Gasteiger partial charge in [0.1, 0.15) is 10.6 Å². The Bertz CT molecular complexity index is 1540. The predicted octanol–water partition coefficient (Wildman–Crippen LogP) is 5.56. The van der Waals surface area contributed by atoms with Gasteiger partial charge in [0, 0.05) is 15.5 Å². The fourth-order valence-electron chi connectivity index (χ4n) is 4.38. The first-order chi connectivity index (χ1) is 17.3. The van der Waals surface area contributed by atoms with Gasteiger partial charge in [-0.2, -0.15) is 0 Å². The number of amides is 2. The zero-order valence-electron chi connectivity index (χ0n) is 19.4. The van der Waals surface area contributed by atoms with Crippen molar-refractivity contribution in [3.63, 3.8) is 0 Å². The minimum atomic E-state index is -1.07. The highest BCUT2D eigenvalue weighted by atomic mass is 35.5. The molecule has 0 radical (unpaired) electrons. The Labute approximate surface area is 215 Å². The number of fused-ring (bicyclic) bond motifs is 2. The van der Waals surface area contributed by atoms with E-state index in [1.807, 2.05) is 0 Å². The summed E-state index contributed by atoms with van der Waals surface area (Å²) in [5.74, 6) is -0.970. The minimum absolute atomic E-state index is 0.0840. The Kier molecular flexibility index (Phi) is 6.55. The lowest BCUT2D eigenvalue weighted by atomic mass is 9.95. The van der Waals surface area contributed by atoms with Crippen LogP contribution in [0.25, 0.3) is 22.3 Å². The van der Waals surface area contributed by atoms with Crippen LogP contribution in [0.15, 0.2) is 57.7 Å². The summed E-state index contributed by atoms with van der Waals surface area (Å²) in [5.41, 5.74) is 7.50. The molecule has 1 unspecified atom stereocenters. The molecule has 36 heavy (non-hydrogen) atoms. The molecule has 184 valence electrons. The number of aryl methyl sites for hydroxylation is 1. The number of nitrogens with two attached hydrogens (primary N) is 1. The van der Waals surface area contributed by atoms with E-state index in [1.165, 1.54) is 18.3 Å². The van der Waals surface area contributed by atoms with Crippen LogP contribution in [0.1, 0.15) is 40.6 Å². The highest BCUT2D eigenvalue weighted by Gasteiger charge is 2.28. The minimum Gasteiger partial charge on any atom is -0.473 e. The third-order valence-electron chi connectivity index (χ3n) is 6.18. The fraction of sp³-hybridized carbons (Fsp3) is 0.222. The lowest BCUT2D eigenvalue weighted by Gasteiger charge is -2.17. The molecule has 1 atom stereocenters. The van der Waals surface area contributed by atoms with Gasteiger partial charge in [-0.25, -0.2) is 0 Å². The van der Waals surface area contributed by atoms with Crippen LogP contribution >= 0.6 is 22.9 Å². The maximum atomic E-state index is 13.4. The van der Waals surface area contributed by atoms with E-state index in [9.17, 15) is 14.4 Å². The lowest BCUT2D eigenvalue weighted by molar-refractivity contribution is -0.122. The molecule has 0 spiro atoms. The summed E-state index contributed by atoms with van der Waals surface area (Å²) in [6, 6.07) is 13.6. The molecule has 4 aromatic rings. The summed E-state index contributed by atoms with van der Waals surface area (Å²) in [7, 11) is 0. The molecule has 0 saturated carbocycles. The van der Waals surface area contributed by atoms with Crippen LogP contribution in [0.2, 0.25) is 5.02 Å². The normalized spacial score (nSPS) is 13.7. The number of ether oxygens (including phenoxy) is 1. The van der Waals surface area contributed by atoms with Crippen molar-refractivity contribution in [1.29, 1.82) is 0 Å². The maximum Gasteiger partial charge on any atom is 0.265 e. The van der Waals surface area contributed by atoms with E-state index in [0.29, 0.717) is 32.1 Å². The van der Waals surface area contributed by atoms with Crippen LogP contribution in [0.4, 0.5) is 5.00 Å². The van der Waals surface area contributed by atoms with Crippen LogP contribution in [0, 0.1) is 0 Å². The summed E-state index contributed by atoms with van der Waals surface area (Å²) < 4.78 is 12.0. The number of para-hydroxylation sites is 1. The zero-order chi connectivity index (χ0) is 25.4. The average Bonchev–Trinajstić information content (AvgIpc) is 3.24. The molecule has 3 N–H and O–H groups in total. The molecule has 1 aliphatic rings. The number of hydrogen-bond donors (Lipinski definition) is 2. The van der Waals surface area contributed by atoms with Gasteiger partial charge in [0.05, 0.1) is 10.9 Å². The van der Waals surface area contributed by atoms with E-state index in [0.717, 1.165) is 36.1 Å². The second kappa shape index (κ2) is 9.79. The first-order valence-electron chi connectivity index (χ1n) is 11.6. The maximum absolute atomic E-state index is 13.4. The van der Waals surface area contributed by atoms with Gasteiger partial charge in [-0.05, 0) is 74.6 Å². The van der Waals surface area contributed by atoms with Crippen molar-refractivity contribution < 1.29 is 18.7 Å². The molecule has 2 aromatic heterocycles. The summed E-state index contributed by atoms with van der Waals surface area (Å²) in [6.45, 7) is 1.53. The van der Waals surface area contributed by atoms with Gasteiger partial charge in [-0.1, -0.05) is 23.7 Å². The van der Waals surface area contributed by atoms with Crippen LogP contribution in [-0.2, 0) is 17.6 Å². The van der Waals surface area contributed by atoms with Crippen molar-refractivity contribution in [3.05, 3.63) is 79.8 Å². The highest BCUT2D eigenvalue weighted by Crippen LogP contribution is 2.38. The topological polar surface area (TPSA) is 112 Å². The number of halogens is 1. The number of carbonyl (C=O) groups excluding carboxylic acids is 2. The number of rotatable bonds is 6. The molecule has 1 aliphatic carbocycles. The van der Waals surface area contributed by atoms with Crippen molar-refractivity contribution in [2.24, 2.45) is 5.73 Å². The number of hydrogen-bond acceptors (Lipinski definition) is 6. The number of benzene rings is 2. The Morgan fingerprint density at radius 2 is 1.83 bits per heavy atom. The molecule has 9 heteroatoms. The zero-order valence-corrected chi connectivity index (χ0v) is 21.0. The van der Waals surface area contributed by atoms with Gasteiger partial charge in [-0.15, -0.1) is 11.3 Å². The summed E-state index contributed by atoms with van der Waals surface area (Å²) >= 11 is 7.40. The SMILES string of the molecule is CC(Oc1c(-c2ccc(Cl)cc2)oc2ccccc2c1=O)C(=O)Nc1sc2c(c1C(N)=O)CCCC2. The molecule has 0 saturated heterocycles. The van der Waals surface area contributed by atoms with Crippen molar-refractivity contribution in [3.8, 4) is 17.1 Å². The van der Waals surface area contributed by atoms with Gasteiger partial charge in [0.15, 0.2) is 11.9 Å². The molecule has 0 fully saturated rings. The van der Waals surface area contributed by atoms with Crippen LogP contribution in [-0.4, -0.2) is 17.9 Å². The molecular formula is C27H23ClN2O5S. The van der Waals surface area contributed by atoms with Crippen molar-refractivity contribution in [2.75, 3.05) is 5.32 Å². The Morgan fingerprint density at radius 1 is 1.11 bits per heavy atom. The summed E-state index contributed by atoms with van der Waals surface area (Å²) in [4.78, 5) is 39.8. The van der Waals surface area contributed by atoms with Crippen LogP contribution in [0.5, 0.6) is 5.75 Å². The van der Waals surface area contributed by atoms with E-state index in [-0.39, 0.29) is 11.5 Å². The Hall–Kier alpha value is -3.62. The standard InChI is InChI=1S/C27H23ClN2O5S/c1-14(26(33)30-27-21(25(29)32)18-7-3-5-9-20(18)36-27)34-24-22(31)17-6-2-4-8-19(17)35-23(24)15-10-12-16(28)13-11-15/h2,4,6,8,10-14H,3,5,7,9H2,1H3,(H2,29,32)(H,30,33). The van der Waals surface area contributed by atoms with Gasteiger partial charge in [-0.3, -0.25) is 14.4 Å². The van der Waals surface area contributed by atoms with Gasteiger partial charge < -0.3 is 20.2 Å². The van der Waals surface area contributed by atoms with Crippen molar-refractivity contribution in [2.45, 2.75) is 38.7 Å². The van der Waals surface area contributed by atoms with Crippen LogP contribution < -0.4 is 21.2 Å².